The second kappa shape index (κ2) is 4.81. The Morgan fingerprint density at radius 3 is 2.61 bits per heavy atom. The third kappa shape index (κ3) is 2.10. The minimum absolute atomic E-state index is 0.348. The van der Waals surface area contributed by atoms with E-state index in [2.05, 4.69) is 4.90 Å². The normalized spacial score (nSPS) is 30.0. The van der Waals surface area contributed by atoms with E-state index in [0.29, 0.717) is 23.3 Å². The summed E-state index contributed by atoms with van der Waals surface area (Å²) in [5.74, 6) is 1.93. The minimum Gasteiger partial charge on any atom is -0.440 e. The number of nitrogens with zero attached hydrogens (tertiary/aromatic N) is 2. The average molecular weight is 311 g/mol. The van der Waals surface area contributed by atoms with E-state index in [9.17, 15) is 4.79 Å². The van der Waals surface area contributed by atoms with Crippen LogP contribution in [0.5, 0.6) is 0 Å². The lowest BCUT2D eigenvalue weighted by atomic mass is 9.74. The van der Waals surface area contributed by atoms with E-state index < -0.39 is 0 Å². The molecule has 0 spiro atoms. The van der Waals surface area contributed by atoms with Crippen molar-refractivity contribution >= 4 is 17.0 Å². The fourth-order valence-corrected chi connectivity index (χ4v) is 4.42. The van der Waals surface area contributed by atoms with Crippen molar-refractivity contribution in [2.45, 2.75) is 37.5 Å². The number of carbonyl (C=O) groups excluding carboxylic acids is 1. The molecule has 1 saturated carbocycles. The highest BCUT2D eigenvalue weighted by molar-refractivity contribution is 5.99. The van der Waals surface area contributed by atoms with Crippen molar-refractivity contribution < 1.29 is 9.21 Å². The topological polar surface area (TPSA) is 72.4 Å². The van der Waals surface area contributed by atoms with E-state index >= 15 is 0 Å². The highest BCUT2D eigenvalue weighted by Gasteiger charge is 2.38. The molecule has 120 valence electrons. The van der Waals surface area contributed by atoms with Gasteiger partial charge < -0.3 is 15.1 Å². The SMILES string of the molecule is NC(=O)c1ccc2oc(C3CC3)nc2c1C1CN2CCC1CC2. The molecule has 4 aliphatic rings. The van der Waals surface area contributed by atoms with Crippen molar-refractivity contribution in [3.05, 3.63) is 29.2 Å². The third-order valence-corrected chi connectivity index (χ3v) is 5.84. The van der Waals surface area contributed by atoms with Gasteiger partial charge in [-0.05, 0) is 62.4 Å². The van der Waals surface area contributed by atoms with Gasteiger partial charge in [-0.3, -0.25) is 4.79 Å². The highest BCUT2D eigenvalue weighted by atomic mass is 16.3. The number of aromatic nitrogens is 1. The molecule has 6 rings (SSSR count). The molecule has 1 amide bonds. The van der Waals surface area contributed by atoms with Crippen LogP contribution in [-0.4, -0.2) is 35.4 Å². The van der Waals surface area contributed by atoms with Crippen LogP contribution in [-0.2, 0) is 0 Å². The quantitative estimate of drug-likeness (QED) is 0.945. The van der Waals surface area contributed by atoms with E-state index in [1.54, 1.807) is 0 Å². The van der Waals surface area contributed by atoms with E-state index in [1.165, 1.54) is 25.9 Å². The number of piperidine rings is 3. The Hall–Kier alpha value is -1.88. The number of hydrogen-bond donors (Lipinski definition) is 1. The first-order valence-corrected chi connectivity index (χ1v) is 8.66. The van der Waals surface area contributed by atoms with Crippen LogP contribution in [0.1, 0.15) is 59.3 Å². The summed E-state index contributed by atoms with van der Waals surface area (Å²) < 4.78 is 5.96. The number of nitrogens with two attached hydrogens (primary N) is 1. The molecule has 4 heterocycles. The molecule has 1 aromatic carbocycles. The van der Waals surface area contributed by atoms with Crippen molar-refractivity contribution in [3.8, 4) is 0 Å². The fourth-order valence-electron chi connectivity index (χ4n) is 4.42. The number of oxazole rings is 1. The maximum absolute atomic E-state index is 12.0. The molecule has 3 saturated heterocycles. The molecule has 0 radical (unpaired) electrons. The molecule has 5 nitrogen and oxygen atoms in total. The van der Waals surface area contributed by atoms with Crippen LogP contribution in [0.15, 0.2) is 16.5 Å². The number of benzene rings is 1. The van der Waals surface area contributed by atoms with Crippen molar-refractivity contribution in [1.29, 1.82) is 0 Å². The van der Waals surface area contributed by atoms with Gasteiger partial charge >= 0.3 is 0 Å². The molecule has 4 fully saturated rings. The zero-order valence-corrected chi connectivity index (χ0v) is 13.1. The zero-order chi connectivity index (χ0) is 15.6. The van der Waals surface area contributed by atoms with Crippen LogP contribution < -0.4 is 5.73 Å². The van der Waals surface area contributed by atoms with Crippen molar-refractivity contribution in [3.63, 3.8) is 0 Å². The van der Waals surface area contributed by atoms with Gasteiger partial charge in [0.05, 0.1) is 0 Å². The number of primary amides is 1. The average Bonchev–Trinajstić information content (AvgIpc) is 3.33. The van der Waals surface area contributed by atoms with Crippen LogP contribution >= 0.6 is 0 Å². The Morgan fingerprint density at radius 1 is 1.22 bits per heavy atom. The Morgan fingerprint density at radius 2 is 2.00 bits per heavy atom. The predicted molar refractivity (Wildman–Crippen MR) is 86.4 cm³/mol. The number of fused-ring (bicyclic) bond motifs is 4. The van der Waals surface area contributed by atoms with Gasteiger partial charge in [-0.15, -0.1) is 0 Å². The molecule has 23 heavy (non-hydrogen) atoms. The molecule has 5 heteroatoms. The van der Waals surface area contributed by atoms with E-state index in [0.717, 1.165) is 41.9 Å². The Bertz CT molecular complexity index is 785. The maximum Gasteiger partial charge on any atom is 0.249 e. The summed E-state index contributed by atoms with van der Waals surface area (Å²) in [4.78, 5) is 19.3. The van der Waals surface area contributed by atoms with Gasteiger partial charge in [-0.1, -0.05) is 0 Å². The van der Waals surface area contributed by atoms with E-state index in [1.807, 2.05) is 12.1 Å². The van der Waals surface area contributed by atoms with E-state index in [-0.39, 0.29) is 5.91 Å². The first kappa shape index (κ1) is 13.5. The summed E-state index contributed by atoms with van der Waals surface area (Å²) in [6, 6.07) is 3.69. The van der Waals surface area contributed by atoms with Crippen LogP contribution in [0.4, 0.5) is 0 Å². The number of hydrogen-bond acceptors (Lipinski definition) is 4. The molecule has 1 aromatic heterocycles. The third-order valence-electron chi connectivity index (χ3n) is 5.84. The second-order valence-electron chi connectivity index (χ2n) is 7.31. The fraction of sp³-hybridized carbons (Fsp3) is 0.556. The Labute approximate surface area is 134 Å². The van der Waals surface area contributed by atoms with Crippen molar-refractivity contribution in [2.24, 2.45) is 11.7 Å². The molecule has 2 N–H and O–H groups in total. The first-order chi connectivity index (χ1) is 11.2. The molecule has 3 aliphatic heterocycles. The largest absolute Gasteiger partial charge is 0.440 e. The number of rotatable bonds is 3. The van der Waals surface area contributed by atoms with Crippen molar-refractivity contribution in [1.82, 2.24) is 9.88 Å². The van der Waals surface area contributed by atoms with Crippen LogP contribution in [0, 0.1) is 5.92 Å². The predicted octanol–water partition coefficient (Wildman–Crippen LogP) is 2.61. The summed E-state index contributed by atoms with van der Waals surface area (Å²) >= 11 is 0. The van der Waals surface area contributed by atoms with Gasteiger partial charge in [0.15, 0.2) is 11.5 Å². The molecule has 1 atom stereocenters. The summed E-state index contributed by atoms with van der Waals surface area (Å²) in [5, 5.41) is 0. The summed E-state index contributed by atoms with van der Waals surface area (Å²) in [6.07, 6.45) is 4.72. The molecule has 2 aromatic rings. The molecular formula is C18H21N3O2. The van der Waals surface area contributed by atoms with Gasteiger partial charge in [0.2, 0.25) is 5.91 Å². The zero-order valence-electron chi connectivity index (χ0n) is 13.1. The minimum atomic E-state index is -0.352. The number of amides is 1. The van der Waals surface area contributed by atoms with Crippen LogP contribution in [0.25, 0.3) is 11.1 Å². The summed E-state index contributed by atoms with van der Waals surface area (Å²) in [5.41, 5.74) is 9.04. The molecule has 1 aliphatic carbocycles. The van der Waals surface area contributed by atoms with Gasteiger partial charge in [0.25, 0.3) is 0 Å². The van der Waals surface area contributed by atoms with Gasteiger partial charge in [0.1, 0.15) is 5.52 Å². The number of carbonyl (C=O) groups is 1. The lowest BCUT2D eigenvalue weighted by Gasteiger charge is -2.45. The first-order valence-electron chi connectivity index (χ1n) is 8.66. The van der Waals surface area contributed by atoms with Crippen molar-refractivity contribution in [2.75, 3.05) is 19.6 Å². The Kier molecular flexibility index (Phi) is 2.83. The summed E-state index contributed by atoms with van der Waals surface area (Å²) in [7, 11) is 0. The summed E-state index contributed by atoms with van der Waals surface area (Å²) in [6.45, 7) is 3.36. The van der Waals surface area contributed by atoms with E-state index in [4.69, 9.17) is 15.1 Å². The van der Waals surface area contributed by atoms with Crippen LogP contribution in [0.2, 0.25) is 0 Å². The lowest BCUT2D eigenvalue weighted by Crippen LogP contribution is -2.46. The molecular weight excluding hydrogens is 290 g/mol. The van der Waals surface area contributed by atoms with Crippen LogP contribution in [0.3, 0.4) is 0 Å². The monoisotopic (exact) mass is 311 g/mol. The van der Waals surface area contributed by atoms with Gasteiger partial charge in [-0.25, -0.2) is 4.98 Å². The standard InChI is InChI=1S/C18H21N3O2/c19-17(22)12-3-4-14-16(20-18(23-14)11-1-2-11)15(12)13-9-21-7-5-10(13)6-8-21/h3-4,10-11,13H,1-2,5-9H2,(H2,19,22). The van der Waals surface area contributed by atoms with Gasteiger partial charge in [-0.2, -0.15) is 0 Å². The lowest BCUT2D eigenvalue weighted by molar-refractivity contribution is 0.0860. The maximum atomic E-state index is 12.0. The second-order valence-corrected chi connectivity index (χ2v) is 7.31. The van der Waals surface area contributed by atoms with Gasteiger partial charge in [0, 0.05) is 23.9 Å². The molecule has 1 unspecified atom stereocenters. The Balaban J connectivity index is 1.69. The highest BCUT2D eigenvalue weighted by Crippen LogP contribution is 2.45. The molecule has 2 bridgehead atoms. The smallest absolute Gasteiger partial charge is 0.249 e.